The van der Waals surface area contributed by atoms with Crippen LogP contribution in [-0.2, 0) is 9.59 Å². The number of nitrogens with zero attached hydrogens (tertiary/aromatic N) is 1. The molecule has 13 heavy (non-hydrogen) atoms. The van der Waals surface area contributed by atoms with Crippen LogP contribution in [0.15, 0.2) is 24.3 Å². The lowest BCUT2D eigenvalue weighted by Crippen LogP contribution is -2.30. The Bertz CT molecular complexity index is 294. The van der Waals surface area contributed by atoms with Crippen molar-refractivity contribution in [3.05, 3.63) is 24.3 Å². The first-order chi connectivity index (χ1) is 6.00. The van der Waals surface area contributed by atoms with Gasteiger partial charge in [-0.1, -0.05) is 13.2 Å². The molecule has 0 radical (unpaired) electrons. The van der Waals surface area contributed by atoms with Crippen LogP contribution in [0.5, 0.6) is 0 Å². The van der Waals surface area contributed by atoms with Crippen LogP contribution in [0.2, 0.25) is 0 Å². The first kappa shape index (κ1) is 9.51. The molecule has 70 valence electrons. The molecule has 1 aliphatic heterocycles. The summed E-state index contributed by atoms with van der Waals surface area (Å²) in [5, 5.41) is 0. The monoisotopic (exact) mass is 180 g/mol. The lowest BCUT2D eigenvalue weighted by molar-refractivity contribution is -0.127. The molecule has 0 atom stereocenters. The number of rotatable bonds is 3. The van der Waals surface area contributed by atoms with E-state index >= 15 is 0 Å². The molecule has 2 amide bonds. The minimum Gasteiger partial charge on any atom is -0.366 e. The predicted octanol–water partition coefficient (Wildman–Crippen LogP) is -0.184. The fourth-order valence-electron chi connectivity index (χ4n) is 1.19. The minimum atomic E-state index is -0.565. The molecule has 4 nitrogen and oxygen atoms in total. The summed E-state index contributed by atoms with van der Waals surface area (Å²) in [6, 6.07) is 0. The Labute approximate surface area is 76.7 Å². The fraction of sp³-hybridized carbons (Fsp3) is 0.333. The normalized spacial score (nSPS) is 16.5. The Hall–Kier alpha value is -1.58. The number of amides is 2. The average Bonchev–Trinajstić information content (AvgIpc) is 2.30. The highest BCUT2D eigenvalue weighted by molar-refractivity contribution is 5.93. The number of carbonyl (C=O) groups excluding carboxylic acids is 2. The maximum absolute atomic E-state index is 11.2. The van der Waals surface area contributed by atoms with E-state index in [1.807, 2.05) is 0 Å². The lowest BCUT2D eigenvalue weighted by Gasteiger charge is -2.14. The molecule has 0 bridgehead atoms. The van der Waals surface area contributed by atoms with E-state index in [1.165, 1.54) is 4.90 Å². The van der Waals surface area contributed by atoms with Gasteiger partial charge in [-0.25, -0.2) is 0 Å². The molecule has 0 aromatic carbocycles. The van der Waals surface area contributed by atoms with Gasteiger partial charge >= 0.3 is 0 Å². The second kappa shape index (κ2) is 3.43. The van der Waals surface area contributed by atoms with Crippen molar-refractivity contribution in [1.82, 2.24) is 4.90 Å². The molecule has 0 aliphatic carbocycles. The van der Waals surface area contributed by atoms with Crippen molar-refractivity contribution in [1.29, 1.82) is 0 Å². The van der Waals surface area contributed by atoms with E-state index in [0.29, 0.717) is 13.0 Å². The van der Waals surface area contributed by atoms with E-state index in [0.717, 1.165) is 5.57 Å². The summed E-state index contributed by atoms with van der Waals surface area (Å²) in [6.07, 6.45) is 0.367. The summed E-state index contributed by atoms with van der Waals surface area (Å²) in [5.41, 5.74) is 6.11. The van der Waals surface area contributed by atoms with Crippen molar-refractivity contribution < 1.29 is 9.59 Å². The molecule has 4 heteroatoms. The van der Waals surface area contributed by atoms with Crippen LogP contribution in [0.1, 0.15) is 6.42 Å². The van der Waals surface area contributed by atoms with Gasteiger partial charge in [0.1, 0.15) is 0 Å². The van der Waals surface area contributed by atoms with Crippen LogP contribution in [0.3, 0.4) is 0 Å². The predicted molar refractivity (Wildman–Crippen MR) is 48.7 cm³/mol. The fourth-order valence-corrected chi connectivity index (χ4v) is 1.19. The highest BCUT2D eigenvalue weighted by Crippen LogP contribution is 2.15. The van der Waals surface area contributed by atoms with Gasteiger partial charge in [0.2, 0.25) is 11.8 Å². The van der Waals surface area contributed by atoms with Crippen molar-refractivity contribution in [2.75, 3.05) is 13.1 Å². The minimum absolute atomic E-state index is 0.0209. The van der Waals surface area contributed by atoms with Crippen LogP contribution in [0, 0.1) is 0 Å². The van der Waals surface area contributed by atoms with E-state index in [-0.39, 0.29) is 18.0 Å². The Morgan fingerprint density at radius 3 is 2.62 bits per heavy atom. The number of carbonyl (C=O) groups is 2. The Morgan fingerprint density at radius 1 is 1.62 bits per heavy atom. The zero-order valence-electron chi connectivity index (χ0n) is 7.38. The third-order valence-electron chi connectivity index (χ3n) is 1.90. The Balaban J connectivity index is 2.55. The zero-order valence-corrected chi connectivity index (χ0v) is 7.38. The molecular weight excluding hydrogens is 168 g/mol. The summed E-state index contributed by atoms with van der Waals surface area (Å²) in [7, 11) is 0. The summed E-state index contributed by atoms with van der Waals surface area (Å²) in [6.45, 7) is 7.90. The SMILES string of the molecule is C=C1CC(=O)N(CC(=C)C(N)=O)C1. The summed E-state index contributed by atoms with van der Waals surface area (Å²) in [5.74, 6) is -0.585. The van der Waals surface area contributed by atoms with Gasteiger partial charge in [0.05, 0.1) is 6.54 Å². The second-order valence-corrected chi connectivity index (χ2v) is 3.14. The molecule has 0 saturated carbocycles. The maximum atomic E-state index is 11.2. The molecule has 1 aliphatic rings. The molecule has 1 rings (SSSR count). The van der Waals surface area contributed by atoms with E-state index < -0.39 is 5.91 Å². The zero-order chi connectivity index (χ0) is 10.0. The highest BCUT2D eigenvalue weighted by Gasteiger charge is 2.24. The maximum Gasteiger partial charge on any atom is 0.245 e. The van der Waals surface area contributed by atoms with Crippen molar-refractivity contribution >= 4 is 11.8 Å². The van der Waals surface area contributed by atoms with Gasteiger partial charge in [-0.3, -0.25) is 9.59 Å². The quantitative estimate of drug-likeness (QED) is 0.483. The molecule has 1 fully saturated rings. The first-order valence-electron chi connectivity index (χ1n) is 3.92. The topological polar surface area (TPSA) is 63.4 Å². The molecule has 0 unspecified atom stereocenters. The molecule has 0 spiro atoms. The van der Waals surface area contributed by atoms with Crippen LogP contribution in [0.4, 0.5) is 0 Å². The summed E-state index contributed by atoms with van der Waals surface area (Å²) >= 11 is 0. The number of likely N-dealkylation sites (tertiary alicyclic amines) is 1. The number of primary amides is 1. The standard InChI is InChI=1S/C9H12N2O2/c1-6-3-8(12)11(4-6)5-7(2)9(10)13/h1-5H2,(H2,10,13). The van der Waals surface area contributed by atoms with Crippen LogP contribution < -0.4 is 5.73 Å². The van der Waals surface area contributed by atoms with Crippen molar-refractivity contribution in [2.24, 2.45) is 5.73 Å². The summed E-state index contributed by atoms with van der Waals surface area (Å²) in [4.78, 5) is 23.4. The van der Waals surface area contributed by atoms with Crippen LogP contribution in [0.25, 0.3) is 0 Å². The van der Waals surface area contributed by atoms with Gasteiger partial charge in [-0.05, 0) is 5.57 Å². The third kappa shape index (κ3) is 2.18. The molecule has 0 aromatic rings. The number of hydrogen-bond acceptors (Lipinski definition) is 2. The highest BCUT2D eigenvalue weighted by atomic mass is 16.2. The van der Waals surface area contributed by atoms with Gasteiger partial charge in [0.25, 0.3) is 0 Å². The van der Waals surface area contributed by atoms with Crippen molar-refractivity contribution in [3.63, 3.8) is 0 Å². The lowest BCUT2D eigenvalue weighted by atomic mass is 10.3. The van der Waals surface area contributed by atoms with Gasteiger partial charge in [0.15, 0.2) is 0 Å². The third-order valence-corrected chi connectivity index (χ3v) is 1.90. The molecule has 1 saturated heterocycles. The van der Waals surface area contributed by atoms with E-state index in [9.17, 15) is 9.59 Å². The van der Waals surface area contributed by atoms with Crippen molar-refractivity contribution in [2.45, 2.75) is 6.42 Å². The molecule has 0 aromatic heterocycles. The Kier molecular flexibility index (Phi) is 2.51. The second-order valence-electron chi connectivity index (χ2n) is 3.14. The molecule has 1 heterocycles. The average molecular weight is 180 g/mol. The van der Waals surface area contributed by atoms with E-state index in [2.05, 4.69) is 13.2 Å². The Morgan fingerprint density at radius 2 is 2.23 bits per heavy atom. The number of hydrogen-bond donors (Lipinski definition) is 1. The van der Waals surface area contributed by atoms with Crippen LogP contribution >= 0.6 is 0 Å². The van der Waals surface area contributed by atoms with Gasteiger partial charge in [0, 0.05) is 18.5 Å². The van der Waals surface area contributed by atoms with Crippen LogP contribution in [-0.4, -0.2) is 29.8 Å². The van der Waals surface area contributed by atoms with E-state index in [1.54, 1.807) is 0 Å². The molecule has 2 N–H and O–H groups in total. The van der Waals surface area contributed by atoms with Gasteiger partial charge in [-0.15, -0.1) is 0 Å². The number of nitrogens with two attached hydrogens (primary N) is 1. The van der Waals surface area contributed by atoms with Crippen molar-refractivity contribution in [3.8, 4) is 0 Å². The van der Waals surface area contributed by atoms with Gasteiger partial charge < -0.3 is 10.6 Å². The molecular formula is C9H12N2O2. The van der Waals surface area contributed by atoms with Gasteiger partial charge in [-0.2, -0.15) is 0 Å². The van der Waals surface area contributed by atoms with E-state index in [4.69, 9.17) is 5.73 Å². The largest absolute Gasteiger partial charge is 0.366 e. The summed E-state index contributed by atoms with van der Waals surface area (Å²) < 4.78 is 0. The first-order valence-corrected chi connectivity index (χ1v) is 3.92. The smallest absolute Gasteiger partial charge is 0.245 e.